The monoisotopic (exact) mass is 339 g/mol. The third-order valence-corrected chi connectivity index (χ3v) is 4.55. The van der Waals surface area contributed by atoms with Crippen LogP contribution in [0.25, 0.3) is 11.5 Å². The Morgan fingerprint density at radius 1 is 1.04 bits per heavy atom. The molecule has 0 spiro atoms. The van der Waals surface area contributed by atoms with E-state index in [9.17, 15) is 0 Å². The van der Waals surface area contributed by atoms with E-state index in [2.05, 4.69) is 32.1 Å². The molecule has 1 atom stereocenters. The van der Waals surface area contributed by atoms with Crippen LogP contribution in [0.5, 0.6) is 0 Å². The molecule has 25 heavy (non-hydrogen) atoms. The van der Waals surface area contributed by atoms with E-state index < -0.39 is 0 Å². The van der Waals surface area contributed by atoms with Crippen molar-refractivity contribution in [1.82, 2.24) is 25.2 Å². The molecule has 1 fully saturated rings. The van der Waals surface area contributed by atoms with E-state index in [1.165, 1.54) is 5.56 Å². The predicted molar refractivity (Wildman–Crippen MR) is 90.5 cm³/mol. The number of aryl methyl sites for hydroxylation is 2. The first-order valence-electron chi connectivity index (χ1n) is 8.63. The predicted octanol–water partition coefficient (Wildman–Crippen LogP) is 3.46. The molecule has 1 aliphatic heterocycles. The summed E-state index contributed by atoms with van der Waals surface area (Å²) in [6.45, 7) is 5.47. The maximum Gasteiger partial charge on any atom is 0.257 e. The zero-order valence-corrected chi connectivity index (χ0v) is 14.5. The van der Waals surface area contributed by atoms with Crippen molar-refractivity contribution in [1.29, 1.82) is 0 Å². The van der Waals surface area contributed by atoms with Crippen LogP contribution in [0.1, 0.15) is 48.4 Å². The van der Waals surface area contributed by atoms with E-state index >= 15 is 0 Å². The number of hydrogen-bond donors (Lipinski definition) is 0. The van der Waals surface area contributed by atoms with Crippen molar-refractivity contribution in [3.63, 3.8) is 0 Å². The number of rotatable bonds is 4. The molecule has 0 aliphatic carbocycles. The first-order valence-corrected chi connectivity index (χ1v) is 8.63. The molecule has 0 N–H and O–H groups in total. The van der Waals surface area contributed by atoms with Crippen LogP contribution in [0.2, 0.25) is 0 Å². The fraction of sp³-hybridized carbons (Fsp3) is 0.444. The van der Waals surface area contributed by atoms with E-state index in [-0.39, 0.29) is 6.04 Å². The van der Waals surface area contributed by atoms with Gasteiger partial charge in [0.25, 0.3) is 5.89 Å². The zero-order chi connectivity index (χ0) is 17.2. The lowest BCUT2D eigenvalue weighted by atomic mass is 10.0. The Bertz CT molecular complexity index is 839. The summed E-state index contributed by atoms with van der Waals surface area (Å²) < 4.78 is 10.8. The molecule has 1 aliphatic rings. The normalized spacial score (nSPS) is 18.6. The molecule has 0 bridgehead atoms. The van der Waals surface area contributed by atoms with Crippen molar-refractivity contribution in [2.45, 2.75) is 45.7 Å². The quantitative estimate of drug-likeness (QED) is 0.720. The van der Waals surface area contributed by atoms with Gasteiger partial charge in [0.05, 0.1) is 12.6 Å². The van der Waals surface area contributed by atoms with Gasteiger partial charge >= 0.3 is 0 Å². The van der Waals surface area contributed by atoms with E-state index in [0.717, 1.165) is 31.4 Å². The van der Waals surface area contributed by atoms with Crippen LogP contribution in [0.15, 0.2) is 33.3 Å². The number of likely N-dealkylation sites (tertiary alicyclic amines) is 1. The average Bonchev–Trinajstić information content (AvgIpc) is 3.25. The number of nitrogens with zero attached hydrogens (tertiary/aromatic N) is 5. The molecule has 130 valence electrons. The van der Waals surface area contributed by atoms with Crippen molar-refractivity contribution in [3.05, 3.63) is 47.4 Å². The van der Waals surface area contributed by atoms with Gasteiger partial charge in [-0.05, 0) is 45.4 Å². The Hall–Kier alpha value is -2.54. The minimum atomic E-state index is 0.122. The second kappa shape index (κ2) is 6.76. The van der Waals surface area contributed by atoms with Gasteiger partial charge in [0.15, 0.2) is 11.6 Å². The fourth-order valence-electron chi connectivity index (χ4n) is 3.22. The van der Waals surface area contributed by atoms with Crippen LogP contribution in [0.4, 0.5) is 0 Å². The van der Waals surface area contributed by atoms with Gasteiger partial charge in [-0.3, -0.25) is 4.90 Å². The maximum absolute atomic E-state index is 5.44. The van der Waals surface area contributed by atoms with Gasteiger partial charge in [-0.25, -0.2) is 0 Å². The highest BCUT2D eigenvalue weighted by atomic mass is 16.5. The molecule has 0 saturated carbocycles. The van der Waals surface area contributed by atoms with Crippen molar-refractivity contribution in [3.8, 4) is 11.5 Å². The number of piperidine rings is 1. The summed E-state index contributed by atoms with van der Waals surface area (Å²) in [5.74, 6) is 2.58. The molecule has 7 nitrogen and oxygen atoms in total. The highest BCUT2D eigenvalue weighted by molar-refractivity contribution is 5.53. The number of benzene rings is 1. The SMILES string of the molecule is Cc1ccc(-c2nc(CN3CCCCC3c3nc(C)no3)no2)cc1. The molecule has 3 heterocycles. The summed E-state index contributed by atoms with van der Waals surface area (Å²) in [6, 6.07) is 8.20. The highest BCUT2D eigenvalue weighted by Gasteiger charge is 2.29. The molecule has 1 unspecified atom stereocenters. The first kappa shape index (κ1) is 16.0. The Morgan fingerprint density at radius 3 is 2.64 bits per heavy atom. The van der Waals surface area contributed by atoms with Crippen LogP contribution < -0.4 is 0 Å². The van der Waals surface area contributed by atoms with Crippen molar-refractivity contribution < 1.29 is 9.05 Å². The van der Waals surface area contributed by atoms with Gasteiger partial charge in [0.1, 0.15) is 0 Å². The van der Waals surface area contributed by atoms with Gasteiger partial charge in [-0.2, -0.15) is 9.97 Å². The zero-order valence-electron chi connectivity index (χ0n) is 14.5. The molecule has 1 saturated heterocycles. The molecule has 1 aromatic carbocycles. The summed E-state index contributed by atoms with van der Waals surface area (Å²) in [5.41, 5.74) is 2.14. The van der Waals surface area contributed by atoms with Crippen LogP contribution in [0.3, 0.4) is 0 Å². The lowest BCUT2D eigenvalue weighted by molar-refractivity contribution is 0.107. The van der Waals surface area contributed by atoms with Crippen LogP contribution in [-0.4, -0.2) is 31.7 Å². The standard InChI is InChI=1S/C18H21N5O2/c1-12-6-8-14(9-7-12)17-20-16(22-24-17)11-23-10-4-3-5-15(23)18-19-13(2)21-25-18/h6-9,15H,3-5,10-11H2,1-2H3. The summed E-state index contributed by atoms with van der Waals surface area (Å²) in [4.78, 5) is 11.2. The summed E-state index contributed by atoms with van der Waals surface area (Å²) >= 11 is 0. The number of aromatic nitrogens is 4. The molecule has 2 aromatic heterocycles. The summed E-state index contributed by atoms with van der Waals surface area (Å²) in [7, 11) is 0. The van der Waals surface area contributed by atoms with Crippen molar-refractivity contribution in [2.75, 3.05) is 6.54 Å². The minimum Gasteiger partial charge on any atom is -0.338 e. The first-order chi connectivity index (χ1) is 12.2. The Morgan fingerprint density at radius 2 is 1.88 bits per heavy atom. The van der Waals surface area contributed by atoms with Gasteiger partial charge in [0, 0.05) is 5.56 Å². The van der Waals surface area contributed by atoms with Crippen molar-refractivity contribution >= 4 is 0 Å². The molecule has 4 rings (SSSR count). The average molecular weight is 339 g/mol. The van der Waals surface area contributed by atoms with E-state index in [1.54, 1.807) is 0 Å². The fourth-order valence-corrected chi connectivity index (χ4v) is 3.22. The Balaban J connectivity index is 1.51. The lowest BCUT2D eigenvalue weighted by Gasteiger charge is -2.32. The molecule has 0 radical (unpaired) electrons. The van der Waals surface area contributed by atoms with Gasteiger partial charge in [-0.1, -0.05) is 34.4 Å². The maximum atomic E-state index is 5.44. The van der Waals surface area contributed by atoms with Gasteiger partial charge in [-0.15, -0.1) is 0 Å². The summed E-state index contributed by atoms with van der Waals surface area (Å²) in [5, 5.41) is 8.07. The smallest absolute Gasteiger partial charge is 0.257 e. The molecular weight excluding hydrogens is 318 g/mol. The number of hydrogen-bond acceptors (Lipinski definition) is 7. The molecule has 3 aromatic rings. The molecule has 0 amide bonds. The largest absolute Gasteiger partial charge is 0.338 e. The minimum absolute atomic E-state index is 0.122. The topological polar surface area (TPSA) is 81.1 Å². The summed E-state index contributed by atoms with van der Waals surface area (Å²) in [6.07, 6.45) is 3.31. The third-order valence-electron chi connectivity index (χ3n) is 4.55. The second-order valence-corrected chi connectivity index (χ2v) is 6.54. The van der Waals surface area contributed by atoms with Crippen LogP contribution in [-0.2, 0) is 6.54 Å². The molecular formula is C18H21N5O2. The Labute approximate surface area is 146 Å². The second-order valence-electron chi connectivity index (χ2n) is 6.54. The highest BCUT2D eigenvalue weighted by Crippen LogP contribution is 2.31. The van der Waals surface area contributed by atoms with Crippen LogP contribution in [0, 0.1) is 13.8 Å². The van der Waals surface area contributed by atoms with E-state index in [4.69, 9.17) is 9.05 Å². The van der Waals surface area contributed by atoms with E-state index in [0.29, 0.717) is 30.0 Å². The van der Waals surface area contributed by atoms with E-state index in [1.807, 2.05) is 31.2 Å². The molecule has 7 heteroatoms. The van der Waals surface area contributed by atoms with Gasteiger partial charge in [0.2, 0.25) is 5.89 Å². The van der Waals surface area contributed by atoms with Crippen LogP contribution >= 0.6 is 0 Å². The van der Waals surface area contributed by atoms with Crippen molar-refractivity contribution in [2.24, 2.45) is 0 Å². The Kier molecular flexibility index (Phi) is 4.31. The third kappa shape index (κ3) is 3.46. The lowest BCUT2D eigenvalue weighted by Crippen LogP contribution is -2.33. The van der Waals surface area contributed by atoms with Gasteiger partial charge < -0.3 is 9.05 Å².